The Balaban J connectivity index is 1.49. The van der Waals surface area contributed by atoms with Crippen LogP contribution in [0.5, 0.6) is 0 Å². The highest BCUT2D eigenvalue weighted by molar-refractivity contribution is 5.67. The average Bonchev–Trinajstić information content (AvgIpc) is 3.23. The maximum absolute atomic E-state index is 12.2. The second kappa shape index (κ2) is 9.10. The minimum atomic E-state index is -0.471. The summed E-state index contributed by atoms with van der Waals surface area (Å²) in [5.74, 6) is 0. The summed E-state index contributed by atoms with van der Waals surface area (Å²) >= 11 is 0. The number of rotatable bonds is 6. The number of aromatic nitrogens is 2. The van der Waals surface area contributed by atoms with Gasteiger partial charge in [-0.3, -0.25) is 9.58 Å². The fourth-order valence-electron chi connectivity index (χ4n) is 4.92. The minimum Gasteiger partial charge on any atom is -0.444 e. The fraction of sp³-hybridized carbons (Fsp3) is 0.833. The van der Waals surface area contributed by atoms with E-state index in [9.17, 15) is 4.79 Å². The number of hydrogen-bond acceptors (Lipinski definition) is 5. The van der Waals surface area contributed by atoms with Crippen molar-refractivity contribution >= 4 is 6.09 Å². The fourth-order valence-corrected chi connectivity index (χ4v) is 4.92. The highest BCUT2D eigenvalue weighted by Crippen LogP contribution is 2.48. The van der Waals surface area contributed by atoms with E-state index in [-0.39, 0.29) is 11.7 Å². The van der Waals surface area contributed by atoms with Gasteiger partial charge in [0, 0.05) is 32.9 Å². The lowest BCUT2D eigenvalue weighted by Crippen LogP contribution is -2.38. The van der Waals surface area contributed by atoms with Crippen molar-refractivity contribution in [3.63, 3.8) is 0 Å². The molecule has 7 heteroatoms. The second-order valence-electron chi connectivity index (χ2n) is 11.5. The van der Waals surface area contributed by atoms with Gasteiger partial charge in [-0.2, -0.15) is 5.10 Å². The quantitative estimate of drug-likeness (QED) is 0.661. The lowest BCUT2D eigenvalue weighted by molar-refractivity contribution is -0.0354. The van der Waals surface area contributed by atoms with Crippen molar-refractivity contribution in [3.05, 3.63) is 18.0 Å². The van der Waals surface area contributed by atoms with Crippen LogP contribution >= 0.6 is 0 Å². The van der Waals surface area contributed by atoms with Gasteiger partial charge in [-0.15, -0.1) is 0 Å². The average molecular weight is 435 g/mol. The van der Waals surface area contributed by atoms with E-state index in [1.54, 1.807) is 11.9 Å². The molecule has 1 saturated heterocycles. The van der Waals surface area contributed by atoms with Gasteiger partial charge < -0.3 is 14.4 Å². The van der Waals surface area contributed by atoms with E-state index in [4.69, 9.17) is 9.47 Å². The summed E-state index contributed by atoms with van der Waals surface area (Å²) in [5, 5.41) is 4.66. The largest absolute Gasteiger partial charge is 0.444 e. The van der Waals surface area contributed by atoms with E-state index < -0.39 is 5.60 Å². The summed E-state index contributed by atoms with van der Waals surface area (Å²) in [6.45, 7) is 13.4. The topological polar surface area (TPSA) is 59.8 Å². The van der Waals surface area contributed by atoms with Gasteiger partial charge in [-0.25, -0.2) is 4.79 Å². The molecule has 1 aliphatic carbocycles. The maximum Gasteiger partial charge on any atom is 0.410 e. The molecule has 0 bridgehead atoms. The summed E-state index contributed by atoms with van der Waals surface area (Å²) in [6, 6.07) is 2.56. The van der Waals surface area contributed by atoms with Gasteiger partial charge >= 0.3 is 6.09 Å². The molecule has 1 aliphatic heterocycles. The molecule has 0 N–H and O–H groups in total. The van der Waals surface area contributed by atoms with Gasteiger partial charge in [0.1, 0.15) is 5.60 Å². The molecule has 3 rings (SSSR count). The van der Waals surface area contributed by atoms with Crippen LogP contribution < -0.4 is 0 Å². The minimum absolute atomic E-state index is 0.0936. The number of ether oxygens (including phenoxy) is 2. The van der Waals surface area contributed by atoms with Gasteiger partial charge in [-0.05, 0) is 71.4 Å². The molecule has 1 saturated carbocycles. The monoisotopic (exact) mass is 434 g/mol. The number of likely N-dealkylation sites (N-methyl/N-ethyl adjacent to an activating group) is 2. The summed E-state index contributed by atoms with van der Waals surface area (Å²) in [6.07, 6.45) is 7.29. The summed E-state index contributed by atoms with van der Waals surface area (Å²) in [5.41, 5.74) is 1.16. The van der Waals surface area contributed by atoms with E-state index in [1.165, 1.54) is 12.1 Å². The molecular weight excluding hydrogens is 392 g/mol. The van der Waals surface area contributed by atoms with Crippen molar-refractivity contribution in [2.24, 2.45) is 5.41 Å². The number of hydrogen-bond donors (Lipinski definition) is 0. The van der Waals surface area contributed by atoms with E-state index in [2.05, 4.69) is 41.6 Å². The Bertz CT molecular complexity index is 744. The number of carbonyl (C=O) groups excluding carboxylic acids is 1. The Morgan fingerprint density at radius 1 is 1.26 bits per heavy atom. The van der Waals surface area contributed by atoms with E-state index in [0.29, 0.717) is 18.0 Å². The molecule has 2 heterocycles. The Hall–Kier alpha value is -1.60. The number of nitrogens with zero attached hydrogens (tertiary/aromatic N) is 4. The van der Waals surface area contributed by atoms with Crippen molar-refractivity contribution in [2.45, 2.75) is 90.5 Å². The van der Waals surface area contributed by atoms with Crippen LogP contribution in [0.2, 0.25) is 0 Å². The predicted molar refractivity (Wildman–Crippen MR) is 122 cm³/mol. The molecule has 2 aliphatic rings. The molecule has 1 spiro atoms. The maximum atomic E-state index is 12.2. The van der Waals surface area contributed by atoms with Crippen molar-refractivity contribution in [1.29, 1.82) is 0 Å². The SMILES string of the molecule is CN(CCN(C)C(=O)OC(C)(C)C)Cc1ccnn1C1CCC2(CC1)CC(C)(C)CO2. The molecule has 1 aromatic rings. The van der Waals surface area contributed by atoms with Crippen LogP contribution in [0.3, 0.4) is 0 Å². The molecule has 176 valence electrons. The van der Waals surface area contributed by atoms with Crippen LogP contribution in [0.4, 0.5) is 4.79 Å². The van der Waals surface area contributed by atoms with Gasteiger partial charge in [0.15, 0.2) is 0 Å². The molecule has 7 nitrogen and oxygen atoms in total. The molecule has 31 heavy (non-hydrogen) atoms. The zero-order chi connectivity index (χ0) is 22.9. The summed E-state index contributed by atoms with van der Waals surface area (Å²) in [4.78, 5) is 16.0. The standard InChI is InChI=1S/C24H42N4O3/c1-22(2,3)31-21(29)27(7)15-14-26(6)16-20-10-13-25-28(20)19-8-11-24(12-9-19)17-23(4,5)18-30-24/h10,13,19H,8-9,11-12,14-18H2,1-7H3. The van der Waals surface area contributed by atoms with E-state index in [1.807, 2.05) is 27.0 Å². The smallest absolute Gasteiger partial charge is 0.410 e. The molecule has 0 aromatic carbocycles. The first kappa shape index (κ1) is 24.1. The molecular formula is C24H42N4O3. The molecule has 1 amide bonds. The van der Waals surface area contributed by atoms with Crippen LogP contribution in [0, 0.1) is 5.41 Å². The van der Waals surface area contributed by atoms with Gasteiger partial charge in [-0.1, -0.05) is 13.8 Å². The van der Waals surface area contributed by atoms with Crippen molar-refractivity contribution in [1.82, 2.24) is 19.6 Å². The van der Waals surface area contributed by atoms with Gasteiger partial charge in [0.25, 0.3) is 0 Å². The van der Waals surface area contributed by atoms with Crippen LogP contribution in [0.1, 0.15) is 78.5 Å². The molecule has 1 aromatic heterocycles. The first-order valence-corrected chi connectivity index (χ1v) is 11.7. The number of carbonyl (C=O) groups is 1. The lowest BCUT2D eigenvalue weighted by atomic mass is 9.75. The third kappa shape index (κ3) is 6.45. The Morgan fingerprint density at radius 3 is 2.52 bits per heavy atom. The van der Waals surface area contributed by atoms with E-state index >= 15 is 0 Å². The third-order valence-corrected chi connectivity index (χ3v) is 6.49. The van der Waals surface area contributed by atoms with Crippen LogP contribution in [-0.4, -0.2) is 70.7 Å². The van der Waals surface area contributed by atoms with Gasteiger partial charge in [0.2, 0.25) is 0 Å². The second-order valence-corrected chi connectivity index (χ2v) is 11.5. The van der Waals surface area contributed by atoms with Crippen LogP contribution in [0.25, 0.3) is 0 Å². The molecule has 2 fully saturated rings. The number of amides is 1. The molecule has 0 atom stereocenters. The normalized spacial score (nSPS) is 25.9. The predicted octanol–water partition coefficient (Wildman–Crippen LogP) is 4.48. The van der Waals surface area contributed by atoms with Crippen molar-refractivity contribution < 1.29 is 14.3 Å². The molecule has 0 radical (unpaired) electrons. The Morgan fingerprint density at radius 2 is 1.94 bits per heavy atom. The molecule has 0 unspecified atom stereocenters. The Kier molecular flexibility index (Phi) is 7.06. The zero-order valence-corrected chi connectivity index (χ0v) is 20.6. The Labute approximate surface area is 188 Å². The summed E-state index contributed by atoms with van der Waals surface area (Å²) < 4.78 is 13.9. The lowest BCUT2D eigenvalue weighted by Gasteiger charge is -2.37. The highest BCUT2D eigenvalue weighted by atomic mass is 16.6. The first-order chi connectivity index (χ1) is 14.4. The van der Waals surface area contributed by atoms with Gasteiger partial charge in [0.05, 0.1) is 23.9 Å². The zero-order valence-electron chi connectivity index (χ0n) is 20.6. The third-order valence-electron chi connectivity index (χ3n) is 6.49. The first-order valence-electron chi connectivity index (χ1n) is 11.7. The van der Waals surface area contributed by atoms with E-state index in [0.717, 1.165) is 45.4 Å². The van der Waals surface area contributed by atoms with Crippen LogP contribution in [-0.2, 0) is 16.0 Å². The van der Waals surface area contributed by atoms with Crippen molar-refractivity contribution in [2.75, 3.05) is 33.8 Å². The van der Waals surface area contributed by atoms with Crippen LogP contribution in [0.15, 0.2) is 12.3 Å². The summed E-state index contributed by atoms with van der Waals surface area (Å²) in [7, 11) is 3.88. The highest BCUT2D eigenvalue weighted by Gasteiger charge is 2.46. The van der Waals surface area contributed by atoms with Crippen molar-refractivity contribution in [3.8, 4) is 0 Å².